The van der Waals surface area contributed by atoms with Crippen LogP contribution in [0.3, 0.4) is 0 Å². The van der Waals surface area contributed by atoms with Crippen LogP contribution in [0.5, 0.6) is 0 Å². The summed E-state index contributed by atoms with van der Waals surface area (Å²) in [7, 11) is 0. The molecule has 2 unspecified atom stereocenters. The highest BCUT2D eigenvalue weighted by molar-refractivity contribution is 5.49. The molecule has 0 heterocycles. The van der Waals surface area contributed by atoms with Crippen molar-refractivity contribution >= 4 is 6.29 Å². The van der Waals surface area contributed by atoms with Crippen LogP contribution in [0, 0.1) is 5.92 Å². The van der Waals surface area contributed by atoms with Gasteiger partial charge in [0.2, 0.25) is 0 Å². The van der Waals surface area contributed by atoms with Crippen LogP contribution in [0.25, 0.3) is 0 Å². The first-order valence-corrected chi connectivity index (χ1v) is 4.90. The molecule has 0 aliphatic carbocycles. The maximum atomic E-state index is 11.8. The van der Waals surface area contributed by atoms with Crippen LogP contribution in [-0.4, -0.2) is 6.29 Å². The van der Waals surface area contributed by atoms with Crippen molar-refractivity contribution in [1.82, 2.24) is 0 Å². The minimum Gasteiger partial charge on any atom is -0.303 e. The molecule has 1 aromatic carbocycles. The third-order valence-corrected chi connectivity index (χ3v) is 2.38. The second kappa shape index (κ2) is 5.55. The van der Waals surface area contributed by atoms with Crippen molar-refractivity contribution in [2.24, 2.45) is 5.92 Å². The van der Waals surface area contributed by atoms with Crippen LogP contribution in [-0.2, 0) is 9.90 Å². The number of benzene rings is 1. The molecule has 0 aliphatic rings. The number of hydrogen-bond donors (Lipinski definition) is 0. The molecule has 0 aromatic heterocycles. The Balaban J connectivity index is 2.56. The summed E-state index contributed by atoms with van der Waals surface area (Å²) in [4.78, 5) is 10.2. The van der Waals surface area contributed by atoms with Crippen molar-refractivity contribution < 1.29 is 9.90 Å². The first-order valence-electron chi connectivity index (χ1n) is 4.90. The molecule has 1 rings (SSSR count). The molecule has 0 amide bonds. The highest BCUT2D eigenvalue weighted by Gasteiger charge is 2.16. The zero-order chi connectivity index (χ0) is 10.4. The van der Waals surface area contributed by atoms with Crippen LogP contribution in [0.4, 0.5) is 0 Å². The lowest BCUT2D eigenvalue weighted by Crippen LogP contribution is -2.07. The quantitative estimate of drug-likeness (QED) is 0.659. The average molecular weight is 191 g/mol. The largest absolute Gasteiger partial charge is 0.303 e. The second-order valence-electron chi connectivity index (χ2n) is 3.55. The summed E-state index contributed by atoms with van der Waals surface area (Å²) in [5.41, 5.74) is 0.811. The smallest absolute Gasteiger partial charge is 0.121 e. The second-order valence-corrected chi connectivity index (χ2v) is 3.55. The van der Waals surface area contributed by atoms with E-state index in [0.29, 0.717) is 12.8 Å². The molecule has 0 saturated carbocycles. The third kappa shape index (κ3) is 2.96. The van der Waals surface area contributed by atoms with E-state index in [1.807, 2.05) is 37.3 Å². The molecule has 2 atom stereocenters. The van der Waals surface area contributed by atoms with Gasteiger partial charge in [-0.3, -0.25) is 0 Å². The molecule has 0 N–H and O–H groups in total. The van der Waals surface area contributed by atoms with Crippen molar-refractivity contribution in [3.8, 4) is 0 Å². The Kier molecular flexibility index (Phi) is 4.33. The summed E-state index contributed by atoms with van der Waals surface area (Å²) in [5.74, 6) is 0.0163. The van der Waals surface area contributed by atoms with E-state index in [4.69, 9.17) is 0 Å². The number of aldehydes is 1. The Morgan fingerprint density at radius 3 is 2.50 bits per heavy atom. The van der Waals surface area contributed by atoms with Crippen molar-refractivity contribution in [2.75, 3.05) is 0 Å². The predicted molar refractivity (Wildman–Crippen MR) is 54.3 cm³/mol. The van der Waals surface area contributed by atoms with Crippen LogP contribution < -0.4 is 0 Å². The molecule has 0 spiro atoms. The van der Waals surface area contributed by atoms with Crippen molar-refractivity contribution in [2.45, 2.75) is 25.9 Å². The Morgan fingerprint density at radius 1 is 1.29 bits per heavy atom. The third-order valence-electron chi connectivity index (χ3n) is 2.38. The lowest BCUT2D eigenvalue weighted by atomic mass is 9.94. The Hall–Kier alpha value is -1.15. The van der Waals surface area contributed by atoms with Gasteiger partial charge in [-0.2, -0.15) is 0 Å². The fourth-order valence-electron chi connectivity index (χ4n) is 1.45. The number of rotatable bonds is 5. The van der Waals surface area contributed by atoms with E-state index in [1.165, 1.54) is 0 Å². The van der Waals surface area contributed by atoms with E-state index in [0.717, 1.165) is 11.8 Å². The molecule has 0 bridgehead atoms. The zero-order valence-corrected chi connectivity index (χ0v) is 8.35. The highest BCUT2D eigenvalue weighted by atomic mass is 16.3. The van der Waals surface area contributed by atoms with E-state index < -0.39 is 6.10 Å². The predicted octanol–water partition coefficient (Wildman–Crippen LogP) is 2.77. The van der Waals surface area contributed by atoms with Crippen LogP contribution in [0.2, 0.25) is 0 Å². The molecule has 1 radical (unpaired) electrons. The zero-order valence-electron chi connectivity index (χ0n) is 8.35. The van der Waals surface area contributed by atoms with Gasteiger partial charge in [0.1, 0.15) is 12.4 Å². The SMILES string of the molecule is CC(CCC=O)C([O])c1ccccc1. The van der Waals surface area contributed by atoms with Crippen LogP contribution in [0.15, 0.2) is 30.3 Å². The standard InChI is InChI=1S/C12H15O2/c1-10(6-5-9-13)12(14)11-7-3-2-4-8-11/h2-4,7-10,12H,5-6H2,1H3. The van der Waals surface area contributed by atoms with Gasteiger partial charge >= 0.3 is 0 Å². The molecule has 75 valence electrons. The lowest BCUT2D eigenvalue weighted by molar-refractivity contribution is -0.108. The molecule has 0 aliphatic heterocycles. The first-order chi connectivity index (χ1) is 6.75. The normalized spacial score (nSPS) is 14.7. The van der Waals surface area contributed by atoms with E-state index in [2.05, 4.69) is 0 Å². The summed E-state index contributed by atoms with van der Waals surface area (Å²) in [6.45, 7) is 1.90. The minimum absolute atomic E-state index is 0.0163. The summed E-state index contributed by atoms with van der Waals surface area (Å²) in [5, 5.41) is 11.8. The van der Waals surface area contributed by atoms with E-state index >= 15 is 0 Å². The summed E-state index contributed by atoms with van der Waals surface area (Å²) in [6.07, 6.45) is 1.31. The van der Waals surface area contributed by atoms with Crippen molar-refractivity contribution in [1.29, 1.82) is 0 Å². The van der Waals surface area contributed by atoms with Gasteiger partial charge in [-0.25, -0.2) is 5.11 Å². The first kappa shape index (κ1) is 10.9. The van der Waals surface area contributed by atoms with Gasteiger partial charge in [-0.15, -0.1) is 0 Å². The van der Waals surface area contributed by atoms with E-state index in [9.17, 15) is 9.90 Å². The van der Waals surface area contributed by atoms with Crippen molar-refractivity contribution in [3.63, 3.8) is 0 Å². The van der Waals surface area contributed by atoms with Gasteiger partial charge in [0, 0.05) is 6.42 Å². The van der Waals surface area contributed by atoms with E-state index in [1.54, 1.807) is 0 Å². The monoisotopic (exact) mass is 191 g/mol. The maximum absolute atomic E-state index is 11.8. The summed E-state index contributed by atoms with van der Waals surface area (Å²) in [6, 6.07) is 9.32. The summed E-state index contributed by atoms with van der Waals surface area (Å²) >= 11 is 0. The number of carbonyl (C=O) groups excluding carboxylic acids is 1. The van der Waals surface area contributed by atoms with Crippen LogP contribution in [0.1, 0.15) is 31.4 Å². The fraction of sp³-hybridized carbons (Fsp3) is 0.417. The Labute approximate surface area is 84.6 Å². The number of carbonyl (C=O) groups is 1. The summed E-state index contributed by atoms with van der Waals surface area (Å²) < 4.78 is 0. The van der Waals surface area contributed by atoms with E-state index in [-0.39, 0.29) is 5.92 Å². The molecule has 14 heavy (non-hydrogen) atoms. The molecular weight excluding hydrogens is 176 g/mol. The topological polar surface area (TPSA) is 37.0 Å². The molecule has 0 fully saturated rings. The molecule has 0 saturated heterocycles. The van der Waals surface area contributed by atoms with Gasteiger partial charge in [-0.1, -0.05) is 37.3 Å². The Bertz CT molecular complexity index is 269. The van der Waals surface area contributed by atoms with Gasteiger partial charge in [0.25, 0.3) is 0 Å². The molecule has 2 heteroatoms. The Morgan fingerprint density at radius 2 is 1.93 bits per heavy atom. The lowest BCUT2D eigenvalue weighted by Gasteiger charge is -2.15. The fourth-order valence-corrected chi connectivity index (χ4v) is 1.45. The van der Waals surface area contributed by atoms with Gasteiger partial charge in [-0.05, 0) is 17.9 Å². The minimum atomic E-state index is -0.712. The average Bonchev–Trinajstić information content (AvgIpc) is 2.26. The molecule has 2 nitrogen and oxygen atoms in total. The maximum Gasteiger partial charge on any atom is 0.121 e. The molecular formula is C12H15O2. The molecule has 1 aromatic rings. The highest BCUT2D eigenvalue weighted by Crippen LogP contribution is 2.25. The van der Waals surface area contributed by atoms with Gasteiger partial charge < -0.3 is 4.79 Å². The van der Waals surface area contributed by atoms with Gasteiger partial charge in [0.15, 0.2) is 0 Å². The van der Waals surface area contributed by atoms with Crippen LogP contribution >= 0.6 is 0 Å². The number of hydrogen-bond acceptors (Lipinski definition) is 1. The van der Waals surface area contributed by atoms with Crippen molar-refractivity contribution in [3.05, 3.63) is 35.9 Å². The van der Waals surface area contributed by atoms with Gasteiger partial charge in [0.05, 0.1) is 0 Å².